The summed E-state index contributed by atoms with van der Waals surface area (Å²) in [6.45, 7) is 0.630. The molecule has 2 aromatic carbocycles. The van der Waals surface area contributed by atoms with Crippen molar-refractivity contribution >= 4 is 22.5 Å². The molecule has 0 fully saturated rings. The Morgan fingerprint density at radius 1 is 1.09 bits per heavy atom. The second-order valence-electron chi connectivity index (χ2n) is 5.38. The Balaban J connectivity index is 1.53. The zero-order valence-corrected chi connectivity index (χ0v) is 12.3. The van der Waals surface area contributed by atoms with Crippen LogP contribution < -0.4 is 11.1 Å². The Morgan fingerprint density at radius 2 is 1.86 bits per heavy atom. The molecule has 1 aromatic heterocycles. The lowest BCUT2D eigenvalue weighted by atomic mass is 10.1. The number of anilines is 1. The van der Waals surface area contributed by atoms with Crippen LogP contribution >= 0.6 is 0 Å². The highest BCUT2D eigenvalue weighted by molar-refractivity contribution is 5.88. The van der Waals surface area contributed by atoms with E-state index in [2.05, 4.69) is 10.3 Å². The maximum Gasteiger partial charge on any atom is 0.224 e. The Hall–Kier alpha value is -2.75. The van der Waals surface area contributed by atoms with Crippen molar-refractivity contribution in [2.24, 2.45) is 0 Å². The van der Waals surface area contributed by atoms with Crippen LogP contribution in [0.2, 0.25) is 0 Å². The van der Waals surface area contributed by atoms with Crippen LogP contribution in [0.1, 0.15) is 11.1 Å². The largest absolute Gasteiger partial charge is 0.399 e. The van der Waals surface area contributed by atoms with Gasteiger partial charge >= 0.3 is 0 Å². The van der Waals surface area contributed by atoms with Gasteiger partial charge in [-0.05, 0) is 35.7 Å². The Kier molecular flexibility index (Phi) is 4.10. The summed E-state index contributed by atoms with van der Waals surface area (Å²) in [5.41, 5.74) is 9.67. The van der Waals surface area contributed by atoms with E-state index < -0.39 is 0 Å². The van der Waals surface area contributed by atoms with Crippen molar-refractivity contribution in [2.45, 2.75) is 12.8 Å². The molecule has 0 atom stereocenters. The van der Waals surface area contributed by atoms with Crippen molar-refractivity contribution in [2.75, 3.05) is 12.3 Å². The fourth-order valence-corrected chi connectivity index (χ4v) is 2.54. The SMILES string of the molecule is Nc1ccc(CCNC(=O)Cc2c[nH]c3ccccc23)cc1. The van der Waals surface area contributed by atoms with Gasteiger partial charge in [0.2, 0.25) is 5.91 Å². The smallest absolute Gasteiger partial charge is 0.224 e. The molecule has 0 saturated carbocycles. The number of benzene rings is 2. The first kappa shape index (κ1) is 14.2. The van der Waals surface area contributed by atoms with Gasteiger partial charge in [-0.2, -0.15) is 0 Å². The number of aromatic nitrogens is 1. The fourth-order valence-electron chi connectivity index (χ4n) is 2.54. The van der Waals surface area contributed by atoms with Gasteiger partial charge in [-0.15, -0.1) is 0 Å². The van der Waals surface area contributed by atoms with Gasteiger partial charge in [0.25, 0.3) is 0 Å². The van der Waals surface area contributed by atoms with Gasteiger partial charge in [0, 0.05) is 29.3 Å². The van der Waals surface area contributed by atoms with Crippen molar-refractivity contribution in [1.29, 1.82) is 0 Å². The van der Waals surface area contributed by atoms with E-state index in [0.717, 1.165) is 28.6 Å². The first-order valence-corrected chi connectivity index (χ1v) is 7.38. The predicted molar refractivity (Wildman–Crippen MR) is 89.6 cm³/mol. The Morgan fingerprint density at radius 3 is 2.68 bits per heavy atom. The molecule has 4 heteroatoms. The van der Waals surface area contributed by atoms with Gasteiger partial charge < -0.3 is 16.0 Å². The molecule has 4 N–H and O–H groups in total. The number of fused-ring (bicyclic) bond motifs is 1. The molecule has 3 rings (SSSR count). The van der Waals surface area contributed by atoms with E-state index in [1.165, 1.54) is 5.56 Å². The number of nitrogens with one attached hydrogen (secondary N) is 2. The van der Waals surface area contributed by atoms with Crippen LogP contribution in [0.3, 0.4) is 0 Å². The van der Waals surface area contributed by atoms with Gasteiger partial charge in [-0.1, -0.05) is 30.3 Å². The number of carbonyl (C=O) groups is 1. The third kappa shape index (κ3) is 3.28. The van der Waals surface area contributed by atoms with Crippen molar-refractivity contribution < 1.29 is 4.79 Å². The maximum absolute atomic E-state index is 12.1. The quantitative estimate of drug-likeness (QED) is 0.633. The average molecular weight is 293 g/mol. The molecule has 0 aliphatic carbocycles. The molecule has 1 amide bonds. The van der Waals surface area contributed by atoms with Crippen LogP contribution in [-0.4, -0.2) is 17.4 Å². The highest BCUT2D eigenvalue weighted by atomic mass is 16.1. The topological polar surface area (TPSA) is 70.9 Å². The summed E-state index contributed by atoms with van der Waals surface area (Å²) in [5.74, 6) is 0.0419. The third-order valence-corrected chi connectivity index (χ3v) is 3.74. The number of nitrogen functional groups attached to an aromatic ring is 1. The summed E-state index contributed by atoms with van der Waals surface area (Å²) < 4.78 is 0. The lowest BCUT2D eigenvalue weighted by molar-refractivity contribution is -0.120. The molecular weight excluding hydrogens is 274 g/mol. The summed E-state index contributed by atoms with van der Waals surface area (Å²) in [4.78, 5) is 15.2. The molecule has 0 unspecified atom stereocenters. The van der Waals surface area contributed by atoms with Gasteiger partial charge in [0.15, 0.2) is 0 Å². The number of para-hydroxylation sites is 1. The first-order chi connectivity index (χ1) is 10.7. The number of H-pyrrole nitrogens is 1. The van der Waals surface area contributed by atoms with Gasteiger partial charge in [0.1, 0.15) is 0 Å². The average Bonchev–Trinajstić information content (AvgIpc) is 2.93. The minimum atomic E-state index is 0.0419. The summed E-state index contributed by atoms with van der Waals surface area (Å²) in [7, 11) is 0. The number of aromatic amines is 1. The molecule has 0 saturated heterocycles. The van der Waals surface area contributed by atoms with E-state index >= 15 is 0 Å². The van der Waals surface area contributed by atoms with Crippen LogP contribution in [0.4, 0.5) is 5.69 Å². The summed E-state index contributed by atoms with van der Waals surface area (Å²) in [6.07, 6.45) is 3.11. The third-order valence-electron chi connectivity index (χ3n) is 3.74. The van der Waals surface area contributed by atoms with Crippen LogP contribution in [0.25, 0.3) is 10.9 Å². The molecule has 0 bridgehead atoms. The van der Waals surface area contributed by atoms with Crippen LogP contribution in [0, 0.1) is 0 Å². The number of amides is 1. The molecule has 0 spiro atoms. The number of hydrogen-bond acceptors (Lipinski definition) is 2. The molecule has 22 heavy (non-hydrogen) atoms. The van der Waals surface area contributed by atoms with Crippen molar-refractivity contribution in [1.82, 2.24) is 10.3 Å². The number of nitrogens with two attached hydrogens (primary N) is 1. The summed E-state index contributed by atoms with van der Waals surface area (Å²) in [5, 5.41) is 4.07. The first-order valence-electron chi connectivity index (χ1n) is 7.38. The van der Waals surface area contributed by atoms with Crippen molar-refractivity contribution in [3.8, 4) is 0 Å². The van der Waals surface area contributed by atoms with Gasteiger partial charge in [0.05, 0.1) is 6.42 Å². The molecule has 1 heterocycles. The van der Waals surface area contributed by atoms with Crippen molar-refractivity contribution in [3.05, 3.63) is 65.9 Å². The molecule has 0 radical (unpaired) electrons. The number of rotatable bonds is 5. The minimum Gasteiger partial charge on any atom is -0.399 e. The van der Waals surface area contributed by atoms with E-state index in [1.54, 1.807) is 0 Å². The normalized spacial score (nSPS) is 10.7. The zero-order chi connectivity index (χ0) is 15.4. The van der Waals surface area contributed by atoms with Crippen LogP contribution in [0.15, 0.2) is 54.7 Å². The Labute approximate surface area is 129 Å². The molecular formula is C18H19N3O. The van der Waals surface area contributed by atoms with Crippen molar-refractivity contribution in [3.63, 3.8) is 0 Å². The molecule has 4 nitrogen and oxygen atoms in total. The monoisotopic (exact) mass is 293 g/mol. The van der Waals surface area contributed by atoms with E-state index in [-0.39, 0.29) is 5.91 Å². The van der Waals surface area contributed by atoms with E-state index in [9.17, 15) is 4.79 Å². The van der Waals surface area contributed by atoms with E-state index in [4.69, 9.17) is 5.73 Å². The second-order valence-corrected chi connectivity index (χ2v) is 5.38. The fraction of sp³-hybridized carbons (Fsp3) is 0.167. The highest BCUT2D eigenvalue weighted by Gasteiger charge is 2.08. The number of carbonyl (C=O) groups excluding carboxylic acids is 1. The van der Waals surface area contributed by atoms with Gasteiger partial charge in [-0.25, -0.2) is 0 Å². The minimum absolute atomic E-state index is 0.0419. The number of hydrogen-bond donors (Lipinski definition) is 3. The van der Waals surface area contributed by atoms with Crippen LogP contribution in [-0.2, 0) is 17.6 Å². The molecule has 0 aliphatic rings. The lowest BCUT2D eigenvalue weighted by Gasteiger charge is -2.05. The Bertz CT molecular complexity index is 774. The summed E-state index contributed by atoms with van der Waals surface area (Å²) >= 11 is 0. The highest BCUT2D eigenvalue weighted by Crippen LogP contribution is 2.17. The zero-order valence-electron chi connectivity index (χ0n) is 12.3. The molecule has 112 valence electrons. The van der Waals surface area contributed by atoms with E-state index in [0.29, 0.717) is 13.0 Å². The predicted octanol–water partition coefficient (Wildman–Crippen LogP) is 2.65. The van der Waals surface area contributed by atoms with Gasteiger partial charge in [-0.3, -0.25) is 4.79 Å². The standard InChI is InChI=1S/C18H19N3O/c19-15-7-5-13(6-8-15)9-10-20-18(22)11-14-12-21-17-4-2-1-3-16(14)17/h1-8,12,21H,9-11,19H2,(H,20,22). The lowest BCUT2D eigenvalue weighted by Crippen LogP contribution is -2.27. The maximum atomic E-state index is 12.1. The summed E-state index contributed by atoms with van der Waals surface area (Å²) in [6, 6.07) is 15.7. The van der Waals surface area contributed by atoms with Crippen LogP contribution in [0.5, 0.6) is 0 Å². The van der Waals surface area contributed by atoms with E-state index in [1.807, 2.05) is 54.7 Å². The second kappa shape index (κ2) is 6.35. The molecule has 0 aliphatic heterocycles. The molecule has 3 aromatic rings.